The van der Waals surface area contributed by atoms with Crippen molar-refractivity contribution < 1.29 is 4.74 Å². The van der Waals surface area contributed by atoms with Crippen LogP contribution in [0.4, 0.5) is 11.6 Å². The molecule has 0 aromatic carbocycles. The summed E-state index contributed by atoms with van der Waals surface area (Å²) in [6.45, 7) is 3.91. The number of aromatic nitrogens is 4. The van der Waals surface area contributed by atoms with Crippen molar-refractivity contribution in [3.63, 3.8) is 0 Å². The summed E-state index contributed by atoms with van der Waals surface area (Å²) in [6, 6.07) is 5.65. The number of methoxy groups -OCH3 is 1. The Morgan fingerprint density at radius 2 is 2.00 bits per heavy atom. The largest absolute Gasteiger partial charge is 0.377 e. The summed E-state index contributed by atoms with van der Waals surface area (Å²) < 4.78 is 5.10. The molecule has 2 aromatic rings. The van der Waals surface area contributed by atoms with Gasteiger partial charge in [0.2, 0.25) is 0 Å². The third kappa shape index (κ3) is 4.96. The normalized spacial score (nSPS) is 10.4. The van der Waals surface area contributed by atoms with Gasteiger partial charge in [-0.15, -0.1) is 0 Å². The molecule has 0 saturated heterocycles. The van der Waals surface area contributed by atoms with Gasteiger partial charge in [0.15, 0.2) is 5.82 Å². The van der Waals surface area contributed by atoms with E-state index >= 15 is 0 Å². The lowest BCUT2D eigenvalue weighted by molar-refractivity contribution is 0.178. The minimum atomic E-state index is 0.376. The lowest BCUT2D eigenvalue weighted by atomic mass is 10.4. The summed E-state index contributed by atoms with van der Waals surface area (Å²) in [7, 11) is 1.63. The smallest absolute Gasteiger partial charge is 0.158 e. The van der Waals surface area contributed by atoms with E-state index in [1.54, 1.807) is 13.3 Å². The third-order valence-electron chi connectivity index (χ3n) is 2.68. The maximum atomic E-state index is 5.10. The Kier molecular flexibility index (Phi) is 5.83. The molecular weight excluding hydrogens is 268 g/mol. The first-order chi connectivity index (χ1) is 10.3. The van der Waals surface area contributed by atoms with Gasteiger partial charge in [0.05, 0.1) is 12.2 Å². The maximum Gasteiger partial charge on any atom is 0.158 e. The second kappa shape index (κ2) is 8.11. The Hall–Kier alpha value is -2.28. The van der Waals surface area contributed by atoms with Crippen LogP contribution in [0.1, 0.15) is 24.9 Å². The second-order valence-corrected chi connectivity index (χ2v) is 4.48. The van der Waals surface area contributed by atoms with E-state index in [1.165, 1.54) is 0 Å². The van der Waals surface area contributed by atoms with Gasteiger partial charge in [0, 0.05) is 25.9 Å². The van der Waals surface area contributed by atoms with E-state index < -0.39 is 0 Å². The van der Waals surface area contributed by atoms with E-state index in [0.717, 1.165) is 30.3 Å². The van der Waals surface area contributed by atoms with E-state index in [9.17, 15) is 0 Å². The van der Waals surface area contributed by atoms with Crippen LogP contribution in [-0.2, 0) is 17.9 Å². The number of hydrogen-bond donors (Lipinski definition) is 2. The van der Waals surface area contributed by atoms with Crippen LogP contribution < -0.4 is 10.6 Å². The molecule has 7 heteroatoms. The van der Waals surface area contributed by atoms with Crippen molar-refractivity contribution in [1.29, 1.82) is 0 Å². The quantitative estimate of drug-likeness (QED) is 0.766. The summed E-state index contributed by atoms with van der Waals surface area (Å²) >= 11 is 0. The molecule has 2 aromatic heterocycles. The highest BCUT2D eigenvalue weighted by Gasteiger charge is 2.05. The summed E-state index contributed by atoms with van der Waals surface area (Å²) in [5.41, 5.74) is 0.854. The average molecular weight is 288 g/mol. The lowest BCUT2D eigenvalue weighted by Crippen LogP contribution is -2.10. The van der Waals surface area contributed by atoms with Crippen molar-refractivity contribution >= 4 is 11.6 Å². The summed E-state index contributed by atoms with van der Waals surface area (Å²) in [4.78, 5) is 8.81. The molecule has 2 rings (SSSR count). The SMILES string of the molecule is CCCNc1cc(NCc2cccnn2)nc(COC)n1. The van der Waals surface area contributed by atoms with Crippen molar-refractivity contribution in [2.45, 2.75) is 26.5 Å². The molecule has 0 saturated carbocycles. The fourth-order valence-corrected chi connectivity index (χ4v) is 1.73. The molecule has 0 aliphatic carbocycles. The molecule has 2 heterocycles. The fourth-order valence-electron chi connectivity index (χ4n) is 1.73. The zero-order valence-corrected chi connectivity index (χ0v) is 12.3. The fraction of sp³-hybridized carbons (Fsp3) is 0.429. The monoisotopic (exact) mass is 288 g/mol. The Bertz CT molecular complexity index is 548. The highest BCUT2D eigenvalue weighted by molar-refractivity contribution is 5.47. The molecule has 0 unspecified atom stereocenters. The Morgan fingerprint density at radius 3 is 2.67 bits per heavy atom. The molecule has 21 heavy (non-hydrogen) atoms. The van der Waals surface area contributed by atoms with Crippen LogP contribution in [0.15, 0.2) is 24.4 Å². The molecular formula is C14H20N6O. The summed E-state index contributed by atoms with van der Waals surface area (Å²) in [6.07, 6.45) is 2.68. The van der Waals surface area contributed by atoms with E-state index in [4.69, 9.17) is 4.74 Å². The Morgan fingerprint density at radius 1 is 1.19 bits per heavy atom. The minimum absolute atomic E-state index is 0.376. The van der Waals surface area contributed by atoms with Crippen LogP contribution in [0.3, 0.4) is 0 Å². The highest BCUT2D eigenvalue weighted by atomic mass is 16.5. The van der Waals surface area contributed by atoms with Crippen LogP contribution in [0.5, 0.6) is 0 Å². The van der Waals surface area contributed by atoms with Gasteiger partial charge in [-0.2, -0.15) is 10.2 Å². The zero-order valence-electron chi connectivity index (χ0n) is 12.3. The predicted molar refractivity (Wildman–Crippen MR) is 80.9 cm³/mol. The number of nitrogens with one attached hydrogen (secondary N) is 2. The average Bonchev–Trinajstić information content (AvgIpc) is 2.52. The number of hydrogen-bond acceptors (Lipinski definition) is 7. The van der Waals surface area contributed by atoms with E-state index in [1.807, 2.05) is 18.2 Å². The van der Waals surface area contributed by atoms with Crippen LogP contribution in [0.25, 0.3) is 0 Å². The molecule has 0 aliphatic rings. The van der Waals surface area contributed by atoms with Crippen molar-refractivity contribution in [3.05, 3.63) is 35.9 Å². The standard InChI is InChI=1S/C14H20N6O/c1-3-6-15-12-8-13(19-14(18-12)10-21-2)16-9-11-5-4-7-17-20-11/h4-5,7-8H,3,6,9-10H2,1-2H3,(H2,15,16,18,19). The van der Waals surface area contributed by atoms with Gasteiger partial charge in [-0.3, -0.25) is 0 Å². The molecule has 112 valence electrons. The van der Waals surface area contributed by atoms with E-state index in [2.05, 4.69) is 37.7 Å². The van der Waals surface area contributed by atoms with Gasteiger partial charge in [-0.1, -0.05) is 6.92 Å². The first-order valence-corrected chi connectivity index (χ1v) is 6.93. The van der Waals surface area contributed by atoms with Crippen LogP contribution >= 0.6 is 0 Å². The summed E-state index contributed by atoms with van der Waals surface area (Å²) in [5.74, 6) is 2.17. The van der Waals surface area contributed by atoms with Gasteiger partial charge in [-0.25, -0.2) is 9.97 Å². The van der Waals surface area contributed by atoms with Gasteiger partial charge in [-0.05, 0) is 18.6 Å². The molecule has 7 nitrogen and oxygen atoms in total. The number of ether oxygens (including phenoxy) is 1. The third-order valence-corrected chi connectivity index (χ3v) is 2.68. The summed E-state index contributed by atoms with van der Waals surface area (Å²) in [5, 5.41) is 14.4. The van der Waals surface area contributed by atoms with Crippen molar-refractivity contribution in [2.24, 2.45) is 0 Å². The van der Waals surface area contributed by atoms with Gasteiger partial charge >= 0.3 is 0 Å². The molecule has 0 bridgehead atoms. The van der Waals surface area contributed by atoms with E-state index in [0.29, 0.717) is 19.0 Å². The minimum Gasteiger partial charge on any atom is -0.377 e. The second-order valence-electron chi connectivity index (χ2n) is 4.48. The van der Waals surface area contributed by atoms with E-state index in [-0.39, 0.29) is 0 Å². The topological polar surface area (TPSA) is 84.9 Å². The molecule has 0 aliphatic heterocycles. The van der Waals surface area contributed by atoms with Gasteiger partial charge in [0.25, 0.3) is 0 Å². The Labute approximate surface area is 124 Å². The first kappa shape index (κ1) is 15.1. The van der Waals surface area contributed by atoms with Crippen LogP contribution in [0, 0.1) is 0 Å². The number of nitrogens with zero attached hydrogens (tertiary/aromatic N) is 4. The number of rotatable bonds is 8. The molecule has 2 N–H and O–H groups in total. The van der Waals surface area contributed by atoms with Crippen molar-refractivity contribution in [2.75, 3.05) is 24.3 Å². The molecule has 0 fully saturated rings. The first-order valence-electron chi connectivity index (χ1n) is 6.93. The Balaban J connectivity index is 2.07. The highest BCUT2D eigenvalue weighted by Crippen LogP contribution is 2.13. The van der Waals surface area contributed by atoms with Crippen molar-refractivity contribution in [1.82, 2.24) is 20.2 Å². The van der Waals surface area contributed by atoms with Crippen molar-refractivity contribution in [3.8, 4) is 0 Å². The van der Waals surface area contributed by atoms with Gasteiger partial charge < -0.3 is 15.4 Å². The maximum absolute atomic E-state index is 5.10. The number of anilines is 2. The van der Waals surface area contributed by atoms with Crippen LogP contribution in [-0.4, -0.2) is 33.8 Å². The molecule has 0 atom stereocenters. The molecule has 0 radical (unpaired) electrons. The predicted octanol–water partition coefficient (Wildman–Crippen LogP) is 1.85. The molecule has 0 spiro atoms. The molecule has 0 amide bonds. The zero-order chi connectivity index (χ0) is 14.9. The lowest BCUT2D eigenvalue weighted by Gasteiger charge is -2.10. The van der Waals surface area contributed by atoms with Gasteiger partial charge in [0.1, 0.15) is 18.2 Å². The van der Waals surface area contributed by atoms with Crippen LogP contribution in [0.2, 0.25) is 0 Å².